The maximum absolute atomic E-state index is 13.3. The van der Waals surface area contributed by atoms with E-state index in [9.17, 15) is 19.5 Å². The molecule has 3 aromatic rings. The molecule has 0 atom stereocenters. The lowest BCUT2D eigenvalue weighted by Crippen LogP contribution is -2.41. The summed E-state index contributed by atoms with van der Waals surface area (Å²) in [7, 11) is 1.54. The number of benzene rings is 2. The molecule has 0 aliphatic rings. The molecule has 0 aliphatic carbocycles. The molecule has 0 saturated heterocycles. The number of amides is 2. The number of carbonyl (C=O) groups excluding carboxylic acids is 2. The number of hydrogen-bond donors (Lipinski definition) is 2. The molecular weight excluding hydrogens is 458 g/mol. The van der Waals surface area contributed by atoms with E-state index < -0.39 is 17.6 Å². The van der Waals surface area contributed by atoms with Gasteiger partial charge in [-0.3, -0.25) is 14.5 Å². The summed E-state index contributed by atoms with van der Waals surface area (Å²) in [6.45, 7) is 3.56. The Labute approximate surface area is 202 Å². The molecule has 1 aromatic heterocycles. The quantitative estimate of drug-likeness (QED) is 0.481. The smallest absolute Gasteiger partial charge is 0.326 e. The Hall–Kier alpha value is -3.78. The van der Waals surface area contributed by atoms with Gasteiger partial charge in [0.1, 0.15) is 5.75 Å². The Bertz CT molecular complexity index is 1270. The summed E-state index contributed by atoms with van der Waals surface area (Å²) in [5.74, 6) is -0.767. The number of hydrogen-bond acceptors (Lipinski definition) is 5. The van der Waals surface area contributed by atoms with E-state index in [-0.39, 0.29) is 31.0 Å². The number of pyridine rings is 1. The van der Waals surface area contributed by atoms with E-state index in [4.69, 9.17) is 16.3 Å². The molecule has 0 spiro atoms. The number of nitrogens with zero attached hydrogens (tertiary/aromatic N) is 2. The van der Waals surface area contributed by atoms with Gasteiger partial charge in [0.15, 0.2) is 5.69 Å². The van der Waals surface area contributed by atoms with Gasteiger partial charge >= 0.3 is 12.0 Å². The summed E-state index contributed by atoms with van der Waals surface area (Å²) in [5, 5.41) is 13.9. The third kappa shape index (κ3) is 5.40. The normalized spacial score (nSPS) is 10.6. The molecule has 0 saturated carbocycles. The van der Waals surface area contributed by atoms with E-state index >= 15 is 0 Å². The van der Waals surface area contributed by atoms with E-state index in [1.807, 2.05) is 24.3 Å². The lowest BCUT2D eigenvalue weighted by atomic mass is 10.0. The first-order valence-electron chi connectivity index (χ1n) is 10.7. The Kier molecular flexibility index (Phi) is 7.96. The van der Waals surface area contributed by atoms with Crippen LogP contribution in [-0.4, -0.2) is 34.8 Å². The topological polar surface area (TPSA) is 101 Å². The lowest BCUT2D eigenvalue weighted by Gasteiger charge is -2.25. The van der Waals surface area contributed by atoms with Crippen LogP contribution >= 0.6 is 11.6 Å². The van der Waals surface area contributed by atoms with Crippen molar-refractivity contribution in [1.29, 1.82) is 0 Å². The van der Waals surface area contributed by atoms with E-state index in [1.165, 1.54) is 17.8 Å². The molecule has 0 radical (unpaired) electrons. The van der Waals surface area contributed by atoms with Crippen molar-refractivity contribution in [3.63, 3.8) is 0 Å². The molecule has 2 amide bonds. The Morgan fingerprint density at radius 3 is 2.62 bits per heavy atom. The number of ether oxygens (including phenoxy) is 1. The van der Waals surface area contributed by atoms with Gasteiger partial charge in [0.25, 0.3) is 5.56 Å². The Morgan fingerprint density at radius 2 is 1.91 bits per heavy atom. The number of urea groups is 1. The molecule has 3 rings (SSSR count). The number of aromatic nitrogens is 1. The van der Waals surface area contributed by atoms with Crippen LogP contribution in [0.2, 0.25) is 5.02 Å². The van der Waals surface area contributed by atoms with Crippen LogP contribution in [0.5, 0.6) is 5.75 Å². The van der Waals surface area contributed by atoms with Gasteiger partial charge in [-0.25, -0.2) is 4.79 Å². The van der Waals surface area contributed by atoms with E-state index in [0.29, 0.717) is 16.3 Å². The van der Waals surface area contributed by atoms with Crippen molar-refractivity contribution in [1.82, 2.24) is 9.88 Å². The van der Waals surface area contributed by atoms with Gasteiger partial charge in [0, 0.05) is 35.9 Å². The van der Waals surface area contributed by atoms with Gasteiger partial charge in [-0.1, -0.05) is 41.9 Å². The molecule has 9 heteroatoms. The monoisotopic (exact) mass is 483 g/mol. The number of carbonyl (C=O) groups is 2. The van der Waals surface area contributed by atoms with Crippen molar-refractivity contribution >= 4 is 35.0 Å². The number of anilines is 2. The second-order valence-corrected chi connectivity index (χ2v) is 7.99. The number of nitrogens with one attached hydrogen (secondary N) is 1. The van der Waals surface area contributed by atoms with Crippen LogP contribution in [-0.2, 0) is 16.6 Å². The van der Waals surface area contributed by atoms with Crippen molar-refractivity contribution in [2.45, 2.75) is 20.3 Å². The average Bonchev–Trinajstić information content (AvgIpc) is 2.81. The fourth-order valence-electron chi connectivity index (χ4n) is 3.51. The predicted molar refractivity (Wildman–Crippen MR) is 132 cm³/mol. The number of halogens is 1. The summed E-state index contributed by atoms with van der Waals surface area (Å²) in [5.41, 5.74) is 1.46. The summed E-state index contributed by atoms with van der Waals surface area (Å²) in [6.07, 6.45) is 1.45. The van der Waals surface area contributed by atoms with Gasteiger partial charge in [0.2, 0.25) is 0 Å². The van der Waals surface area contributed by atoms with E-state index in [0.717, 1.165) is 16.0 Å². The minimum absolute atomic E-state index is 0.00867. The summed E-state index contributed by atoms with van der Waals surface area (Å²) >= 11 is 6.36. The summed E-state index contributed by atoms with van der Waals surface area (Å²) in [6, 6.07) is 13.5. The molecule has 2 aromatic carbocycles. The fraction of sp³-hybridized carbons (Fsp3) is 0.240. The summed E-state index contributed by atoms with van der Waals surface area (Å²) in [4.78, 5) is 39.1. The number of esters is 1. The second kappa shape index (κ2) is 10.9. The van der Waals surface area contributed by atoms with Gasteiger partial charge in [0.05, 0.1) is 18.7 Å². The minimum Gasteiger partial charge on any atom is -0.505 e. The first-order chi connectivity index (χ1) is 16.2. The van der Waals surface area contributed by atoms with Crippen LogP contribution in [0, 0.1) is 6.92 Å². The molecule has 34 heavy (non-hydrogen) atoms. The SMILES string of the molecule is CCOC(=O)CCNC(=O)N(c1cccc(-c2ccccc2Cl)c1)c1c(O)c(C)cn(C)c1=O. The molecule has 1 heterocycles. The second-order valence-electron chi connectivity index (χ2n) is 7.58. The standard InChI is InChI=1S/C25H26ClN3O5/c1-4-34-21(30)12-13-27-25(33)29(22-23(31)16(2)15-28(3)24(22)32)18-9-7-8-17(14-18)19-10-5-6-11-20(19)26/h5-11,14-15,31H,4,12-13H2,1-3H3,(H,27,33). The molecular formula is C25H26ClN3O5. The van der Waals surface area contributed by atoms with Crippen LogP contribution in [0.25, 0.3) is 11.1 Å². The molecule has 0 aliphatic heterocycles. The zero-order valence-corrected chi connectivity index (χ0v) is 19.9. The van der Waals surface area contributed by atoms with E-state index in [2.05, 4.69) is 5.32 Å². The van der Waals surface area contributed by atoms with Crippen LogP contribution in [0.15, 0.2) is 59.5 Å². The first kappa shape index (κ1) is 24.9. The minimum atomic E-state index is -0.682. The van der Waals surface area contributed by atoms with Crippen LogP contribution < -0.4 is 15.8 Å². The number of aryl methyl sites for hydroxylation is 2. The Morgan fingerprint density at radius 1 is 1.18 bits per heavy atom. The van der Waals surface area contributed by atoms with E-state index in [1.54, 1.807) is 38.1 Å². The molecule has 2 N–H and O–H groups in total. The highest BCUT2D eigenvalue weighted by Crippen LogP contribution is 2.35. The van der Waals surface area contributed by atoms with Crippen molar-refractivity contribution in [2.24, 2.45) is 7.05 Å². The average molecular weight is 484 g/mol. The van der Waals surface area contributed by atoms with Crippen LogP contribution in [0.1, 0.15) is 18.9 Å². The number of aromatic hydroxyl groups is 1. The maximum Gasteiger partial charge on any atom is 0.326 e. The Balaban J connectivity index is 2.08. The fourth-order valence-corrected chi connectivity index (χ4v) is 3.75. The van der Waals surface area contributed by atoms with Crippen LogP contribution in [0.4, 0.5) is 16.2 Å². The lowest BCUT2D eigenvalue weighted by molar-refractivity contribution is -0.142. The van der Waals surface area contributed by atoms with Crippen LogP contribution in [0.3, 0.4) is 0 Å². The molecule has 0 bridgehead atoms. The highest BCUT2D eigenvalue weighted by Gasteiger charge is 2.26. The zero-order chi connectivity index (χ0) is 24.8. The van der Waals surface area contributed by atoms with Gasteiger partial charge < -0.3 is 19.7 Å². The largest absolute Gasteiger partial charge is 0.505 e. The highest BCUT2D eigenvalue weighted by atomic mass is 35.5. The summed E-state index contributed by atoms with van der Waals surface area (Å²) < 4.78 is 6.18. The van der Waals surface area contributed by atoms with Crippen molar-refractivity contribution in [3.05, 3.63) is 75.7 Å². The third-order valence-electron chi connectivity index (χ3n) is 5.13. The zero-order valence-electron chi connectivity index (χ0n) is 19.2. The number of rotatable bonds is 7. The predicted octanol–water partition coefficient (Wildman–Crippen LogP) is 4.52. The van der Waals surface area contributed by atoms with Gasteiger partial charge in [-0.2, -0.15) is 0 Å². The molecule has 8 nitrogen and oxygen atoms in total. The molecule has 0 fully saturated rings. The first-order valence-corrected chi connectivity index (χ1v) is 11.1. The van der Waals surface area contributed by atoms with Crippen molar-refractivity contribution < 1.29 is 19.4 Å². The maximum atomic E-state index is 13.3. The van der Waals surface area contributed by atoms with Crippen molar-refractivity contribution in [3.8, 4) is 16.9 Å². The molecule has 0 unspecified atom stereocenters. The third-order valence-corrected chi connectivity index (χ3v) is 5.46. The van der Waals surface area contributed by atoms with Crippen molar-refractivity contribution in [2.75, 3.05) is 18.1 Å². The highest BCUT2D eigenvalue weighted by molar-refractivity contribution is 6.33. The van der Waals surface area contributed by atoms with Gasteiger partial charge in [-0.15, -0.1) is 0 Å². The van der Waals surface area contributed by atoms with Gasteiger partial charge in [-0.05, 0) is 37.6 Å². The molecule has 178 valence electrons.